The highest BCUT2D eigenvalue weighted by Crippen LogP contribution is 2.34. The van der Waals surface area contributed by atoms with Gasteiger partial charge in [0, 0.05) is 6.54 Å². The smallest absolute Gasteiger partial charge is 0.299 e. The van der Waals surface area contributed by atoms with Gasteiger partial charge in [-0.2, -0.15) is 5.26 Å². The van der Waals surface area contributed by atoms with Gasteiger partial charge in [-0.1, -0.05) is 0 Å². The second kappa shape index (κ2) is 4.98. The molecule has 0 saturated heterocycles. The summed E-state index contributed by atoms with van der Waals surface area (Å²) in [6.07, 6.45) is 0.402. The van der Waals surface area contributed by atoms with Crippen molar-refractivity contribution in [2.24, 2.45) is 5.41 Å². The van der Waals surface area contributed by atoms with Crippen LogP contribution < -0.4 is 4.90 Å². The number of carbonyl (C=O) groups is 2. The molecular weight excluding hydrogens is 327 g/mol. The van der Waals surface area contributed by atoms with Crippen LogP contribution >= 0.6 is 15.9 Å². The molecule has 0 aliphatic carbocycles. The maximum Gasteiger partial charge on any atom is 0.299 e. The predicted octanol–water partition coefficient (Wildman–Crippen LogP) is 3.06. The van der Waals surface area contributed by atoms with Crippen LogP contribution in [0.5, 0.6) is 0 Å². The number of hydrogen-bond donors (Lipinski definition) is 0. The largest absolute Gasteiger partial charge is 0.305 e. The van der Waals surface area contributed by atoms with Crippen molar-refractivity contribution < 1.29 is 14.0 Å². The first kappa shape index (κ1) is 14.7. The standard InChI is InChI=1S/C14H12BrFN2O2/c1-14(2,7-17)3-4-18-11-6-10(16)9(15)5-8(11)12(19)13(18)20/h5-6H,3-4H2,1-2H3. The van der Waals surface area contributed by atoms with Crippen LogP contribution in [0.1, 0.15) is 30.6 Å². The second-order valence-electron chi connectivity index (χ2n) is 5.32. The van der Waals surface area contributed by atoms with E-state index in [4.69, 9.17) is 5.26 Å². The second-order valence-corrected chi connectivity index (χ2v) is 6.17. The molecule has 0 N–H and O–H groups in total. The topological polar surface area (TPSA) is 61.2 Å². The average molecular weight is 339 g/mol. The molecule has 1 heterocycles. The number of rotatable bonds is 3. The van der Waals surface area contributed by atoms with Gasteiger partial charge >= 0.3 is 0 Å². The molecule has 20 heavy (non-hydrogen) atoms. The lowest BCUT2D eigenvalue weighted by molar-refractivity contribution is -0.114. The van der Waals surface area contributed by atoms with Crippen molar-refractivity contribution in [1.29, 1.82) is 5.26 Å². The van der Waals surface area contributed by atoms with Gasteiger partial charge in [-0.25, -0.2) is 4.39 Å². The number of carbonyl (C=O) groups excluding carboxylic acids is 2. The minimum atomic E-state index is -0.675. The Morgan fingerprint density at radius 2 is 2.05 bits per heavy atom. The first-order valence-corrected chi connectivity index (χ1v) is 6.82. The maximum atomic E-state index is 13.6. The number of amides is 1. The van der Waals surface area contributed by atoms with E-state index >= 15 is 0 Å². The SMILES string of the molecule is CC(C)(C#N)CCN1C(=O)C(=O)c2cc(Br)c(F)cc21. The minimum Gasteiger partial charge on any atom is -0.305 e. The van der Waals surface area contributed by atoms with E-state index in [1.165, 1.54) is 17.0 Å². The number of fused-ring (bicyclic) bond motifs is 1. The molecule has 4 nitrogen and oxygen atoms in total. The Labute approximate surface area is 124 Å². The lowest BCUT2D eigenvalue weighted by Crippen LogP contribution is -2.32. The molecule has 0 unspecified atom stereocenters. The first-order chi connectivity index (χ1) is 9.26. The zero-order valence-corrected chi connectivity index (χ0v) is 12.6. The highest BCUT2D eigenvalue weighted by atomic mass is 79.9. The number of nitriles is 1. The third-order valence-electron chi connectivity index (χ3n) is 3.28. The zero-order valence-electron chi connectivity index (χ0n) is 11.0. The molecule has 1 aliphatic rings. The van der Waals surface area contributed by atoms with Crippen LogP contribution in [-0.2, 0) is 4.79 Å². The number of Topliss-reactive ketones (excluding diaryl/α,β-unsaturated/α-hetero) is 1. The van der Waals surface area contributed by atoms with Gasteiger partial charge < -0.3 is 4.90 Å². The predicted molar refractivity (Wildman–Crippen MR) is 74.8 cm³/mol. The number of hydrogen-bond acceptors (Lipinski definition) is 3. The van der Waals surface area contributed by atoms with Crippen LogP contribution in [0.2, 0.25) is 0 Å². The van der Waals surface area contributed by atoms with Crippen molar-refractivity contribution >= 4 is 33.3 Å². The van der Waals surface area contributed by atoms with E-state index in [-0.39, 0.29) is 22.3 Å². The fourth-order valence-corrected chi connectivity index (χ4v) is 2.30. The maximum absolute atomic E-state index is 13.6. The van der Waals surface area contributed by atoms with Gasteiger partial charge in [0.2, 0.25) is 0 Å². The normalized spacial score (nSPS) is 14.4. The van der Waals surface area contributed by atoms with E-state index in [2.05, 4.69) is 22.0 Å². The molecule has 1 aliphatic heterocycles. The molecule has 0 radical (unpaired) electrons. The molecule has 1 aromatic carbocycles. The highest BCUT2D eigenvalue weighted by Gasteiger charge is 2.37. The van der Waals surface area contributed by atoms with Crippen molar-refractivity contribution in [3.63, 3.8) is 0 Å². The van der Waals surface area contributed by atoms with E-state index in [1.807, 2.05) is 0 Å². The molecule has 0 fully saturated rings. The van der Waals surface area contributed by atoms with E-state index in [0.29, 0.717) is 6.42 Å². The van der Waals surface area contributed by atoms with Gasteiger partial charge in [0.25, 0.3) is 11.7 Å². The Morgan fingerprint density at radius 3 is 2.65 bits per heavy atom. The Bertz CT molecular complexity index is 649. The van der Waals surface area contributed by atoms with Crippen molar-refractivity contribution in [2.45, 2.75) is 20.3 Å². The number of benzene rings is 1. The zero-order chi connectivity index (χ0) is 15.1. The van der Waals surface area contributed by atoms with Crippen LogP contribution in [0.3, 0.4) is 0 Å². The molecule has 2 rings (SSSR count). The van der Waals surface area contributed by atoms with E-state index < -0.39 is 22.9 Å². The molecule has 1 aromatic rings. The van der Waals surface area contributed by atoms with E-state index in [9.17, 15) is 14.0 Å². The summed E-state index contributed by atoms with van der Waals surface area (Å²) in [5.74, 6) is -1.85. The monoisotopic (exact) mass is 338 g/mol. The van der Waals surface area contributed by atoms with Gasteiger partial charge in [0.1, 0.15) is 5.82 Å². The molecule has 0 bridgehead atoms. The van der Waals surface area contributed by atoms with E-state index in [1.54, 1.807) is 13.8 Å². The summed E-state index contributed by atoms with van der Waals surface area (Å²) < 4.78 is 13.7. The summed E-state index contributed by atoms with van der Waals surface area (Å²) in [7, 11) is 0. The molecule has 0 saturated carbocycles. The van der Waals surface area contributed by atoms with Crippen LogP contribution in [-0.4, -0.2) is 18.2 Å². The molecule has 104 valence electrons. The number of ketones is 1. The Kier molecular flexibility index (Phi) is 3.65. The minimum absolute atomic E-state index is 0.150. The van der Waals surface area contributed by atoms with Crippen LogP contribution in [0.15, 0.2) is 16.6 Å². The van der Waals surface area contributed by atoms with Gasteiger partial charge in [0.05, 0.1) is 27.2 Å². The Hall–Kier alpha value is -1.74. The summed E-state index contributed by atoms with van der Waals surface area (Å²) in [5.41, 5.74) is -0.146. The number of halogens is 2. The Morgan fingerprint density at radius 1 is 1.40 bits per heavy atom. The fourth-order valence-electron chi connectivity index (χ4n) is 1.96. The third kappa shape index (κ3) is 2.46. The van der Waals surface area contributed by atoms with Crippen LogP contribution in [0.4, 0.5) is 10.1 Å². The summed E-state index contributed by atoms with van der Waals surface area (Å²) in [5, 5.41) is 8.98. The summed E-state index contributed by atoms with van der Waals surface area (Å²) in [6, 6.07) is 4.62. The molecule has 0 spiro atoms. The van der Waals surface area contributed by atoms with Gasteiger partial charge in [-0.3, -0.25) is 9.59 Å². The van der Waals surface area contributed by atoms with Crippen molar-refractivity contribution in [1.82, 2.24) is 0 Å². The van der Waals surface area contributed by atoms with Gasteiger partial charge in [0.15, 0.2) is 0 Å². The quantitative estimate of drug-likeness (QED) is 0.795. The molecular formula is C14H12BrFN2O2. The van der Waals surface area contributed by atoms with Crippen molar-refractivity contribution in [3.8, 4) is 6.07 Å². The summed E-state index contributed by atoms with van der Waals surface area (Å²) in [6.45, 7) is 3.70. The fraction of sp³-hybridized carbons (Fsp3) is 0.357. The molecule has 0 atom stereocenters. The lowest BCUT2D eigenvalue weighted by Gasteiger charge is -2.21. The van der Waals surface area contributed by atoms with Crippen LogP contribution in [0.25, 0.3) is 0 Å². The van der Waals surface area contributed by atoms with Gasteiger partial charge in [-0.15, -0.1) is 0 Å². The average Bonchev–Trinajstić information content (AvgIpc) is 2.61. The van der Waals surface area contributed by atoms with Gasteiger partial charge in [-0.05, 0) is 48.3 Å². The Balaban J connectivity index is 2.34. The first-order valence-electron chi connectivity index (χ1n) is 6.03. The molecule has 0 aromatic heterocycles. The summed E-state index contributed by atoms with van der Waals surface area (Å²) in [4.78, 5) is 25.1. The van der Waals surface area contributed by atoms with Crippen molar-refractivity contribution in [3.05, 3.63) is 28.0 Å². The van der Waals surface area contributed by atoms with E-state index in [0.717, 1.165) is 0 Å². The molecule has 6 heteroatoms. The van der Waals surface area contributed by atoms with Crippen LogP contribution in [0, 0.1) is 22.6 Å². The molecule has 1 amide bonds. The summed E-state index contributed by atoms with van der Waals surface area (Å²) >= 11 is 3.00. The number of nitrogens with zero attached hydrogens (tertiary/aromatic N) is 2. The lowest BCUT2D eigenvalue weighted by atomic mass is 9.91. The van der Waals surface area contributed by atoms with Crippen molar-refractivity contribution in [2.75, 3.05) is 11.4 Å². The third-order valence-corrected chi connectivity index (χ3v) is 3.88. The number of anilines is 1. The highest BCUT2D eigenvalue weighted by molar-refractivity contribution is 9.10.